The van der Waals surface area contributed by atoms with Crippen molar-refractivity contribution in [1.82, 2.24) is 4.90 Å². The van der Waals surface area contributed by atoms with E-state index in [9.17, 15) is 5.11 Å². The molecule has 3 heteroatoms. The molecule has 13 heavy (non-hydrogen) atoms. The van der Waals surface area contributed by atoms with Gasteiger partial charge in [-0.25, -0.2) is 0 Å². The molecule has 0 amide bonds. The van der Waals surface area contributed by atoms with Crippen molar-refractivity contribution < 1.29 is 5.11 Å². The highest BCUT2D eigenvalue weighted by molar-refractivity contribution is 7.99. The summed E-state index contributed by atoms with van der Waals surface area (Å²) in [5.74, 6) is 2.61. The number of aliphatic hydroxyl groups excluding tert-OH is 1. The minimum absolute atomic E-state index is 0.362. The molecular formula is C10H19NOS. The molecule has 2 fully saturated rings. The number of rotatable bonds is 2. The summed E-state index contributed by atoms with van der Waals surface area (Å²) in [7, 11) is 0. The molecule has 0 saturated carbocycles. The summed E-state index contributed by atoms with van der Waals surface area (Å²) >= 11 is 2.07. The molecule has 2 saturated heterocycles. The van der Waals surface area contributed by atoms with E-state index in [1.165, 1.54) is 43.7 Å². The Hall–Kier alpha value is 0.270. The summed E-state index contributed by atoms with van der Waals surface area (Å²) < 4.78 is 0. The van der Waals surface area contributed by atoms with Crippen LogP contribution in [0.1, 0.15) is 25.7 Å². The van der Waals surface area contributed by atoms with Gasteiger partial charge in [0.1, 0.15) is 0 Å². The molecule has 76 valence electrons. The van der Waals surface area contributed by atoms with Crippen LogP contribution in [-0.4, -0.2) is 46.7 Å². The van der Waals surface area contributed by atoms with Crippen LogP contribution in [0.4, 0.5) is 0 Å². The van der Waals surface area contributed by atoms with Gasteiger partial charge in [-0.15, -0.1) is 0 Å². The monoisotopic (exact) mass is 201 g/mol. The Morgan fingerprint density at radius 1 is 1.31 bits per heavy atom. The fraction of sp³-hybridized carbons (Fsp3) is 1.00. The molecule has 0 aromatic carbocycles. The van der Waals surface area contributed by atoms with Gasteiger partial charge in [0.15, 0.2) is 0 Å². The lowest BCUT2D eigenvalue weighted by atomic mass is 10.00. The van der Waals surface area contributed by atoms with Crippen molar-refractivity contribution in [2.75, 3.05) is 24.7 Å². The number of piperidine rings is 1. The van der Waals surface area contributed by atoms with Gasteiger partial charge in [0, 0.05) is 17.8 Å². The minimum Gasteiger partial charge on any atom is -0.395 e. The molecule has 2 atom stereocenters. The zero-order valence-corrected chi connectivity index (χ0v) is 8.93. The van der Waals surface area contributed by atoms with Crippen molar-refractivity contribution >= 4 is 11.8 Å². The van der Waals surface area contributed by atoms with E-state index in [2.05, 4.69) is 16.7 Å². The van der Waals surface area contributed by atoms with Gasteiger partial charge in [0.25, 0.3) is 0 Å². The molecule has 0 radical (unpaired) electrons. The van der Waals surface area contributed by atoms with Crippen molar-refractivity contribution in [3.8, 4) is 0 Å². The van der Waals surface area contributed by atoms with Crippen molar-refractivity contribution in [1.29, 1.82) is 0 Å². The van der Waals surface area contributed by atoms with Gasteiger partial charge < -0.3 is 5.11 Å². The summed E-state index contributed by atoms with van der Waals surface area (Å²) in [4.78, 5) is 2.56. The Labute approximate surface area is 84.7 Å². The Balaban J connectivity index is 1.93. The van der Waals surface area contributed by atoms with Gasteiger partial charge in [-0.05, 0) is 31.6 Å². The van der Waals surface area contributed by atoms with Gasteiger partial charge in [-0.1, -0.05) is 6.42 Å². The van der Waals surface area contributed by atoms with E-state index in [-0.39, 0.29) is 0 Å². The lowest BCUT2D eigenvalue weighted by molar-refractivity contribution is 0.0617. The normalized spacial score (nSPS) is 36.7. The lowest BCUT2D eigenvalue weighted by Gasteiger charge is -2.38. The summed E-state index contributed by atoms with van der Waals surface area (Å²) in [5, 5.41) is 9.27. The first-order chi connectivity index (χ1) is 6.42. The summed E-state index contributed by atoms with van der Waals surface area (Å²) in [6, 6.07) is 1.24. The number of nitrogens with zero attached hydrogens (tertiary/aromatic N) is 1. The van der Waals surface area contributed by atoms with Crippen LogP contribution in [0.15, 0.2) is 0 Å². The quantitative estimate of drug-likeness (QED) is 0.729. The van der Waals surface area contributed by atoms with Gasteiger partial charge in [0.2, 0.25) is 0 Å². The number of aliphatic hydroxyl groups is 1. The van der Waals surface area contributed by atoms with Gasteiger partial charge in [-0.2, -0.15) is 11.8 Å². The van der Waals surface area contributed by atoms with Crippen LogP contribution in [0.25, 0.3) is 0 Å². The number of likely N-dealkylation sites (tertiary alicyclic amines) is 1. The van der Waals surface area contributed by atoms with Crippen LogP contribution < -0.4 is 0 Å². The first kappa shape index (κ1) is 9.81. The molecule has 0 aliphatic carbocycles. The third kappa shape index (κ3) is 2.20. The topological polar surface area (TPSA) is 23.5 Å². The molecular weight excluding hydrogens is 182 g/mol. The van der Waals surface area contributed by atoms with Crippen LogP contribution in [0.3, 0.4) is 0 Å². The van der Waals surface area contributed by atoms with Crippen LogP contribution in [0, 0.1) is 0 Å². The molecule has 1 N–H and O–H groups in total. The highest BCUT2D eigenvalue weighted by Crippen LogP contribution is 2.27. The second-order valence-electron chi connectivity index (χ2n) is 4.09. The van der Waals surface area contributed by atoms with E-state index in [4.69, 9.17) is 0 Å². The molecule has 0 aromatic heterocycles. The molecule has 0 aromatic rings. The SMILES string of the molecule is OCC1CCCCN1C1CCSC1. The average Bonchev–Trinajstić information content (AvgIpc) is 2.70. The van der Waals surface area contributed by atoms with E-state index in [1.54, 1.807) is 0 Å². The molecule has 2 aliphatic heterocycles. The van der Waals surface area contributed by atoms with E-state index >= 15 is 0 Å². The first-order valence-corrected chi connectivity index (χ1v) is 6.51. The molecule has 0 spiro atoms. The maximum Gasteiger partial charge on any atom is 0.0586 e. The Kier molecular flexibility index (Phi) is 3.52. The fourth-order valence-electron chi connectivity index (χ4n) is 2.48. The zero-order chi connectivity index (χ0) is 9.10. The first-order valence-electron chi connectivity index (χ1n) is 5.36. The van der Waals surface area contributed by atoms with Crippen molar-refractivity contribution in [3.63, 3.8) is 0 Å². The van der Waals surface area contributed by atoms with Crippen LogP contribution in [-0.2, 0) is 0 Å². The van der Waals surface area contributed by atoms with Crippen molar-refractivity contribution in [2.24, 2.45) is 0 Å². The zero-order valence-electron chi connectivity index (χ0n) is 8.11. The van der Waals surface area contributed by atoms with E-state index < -0.39 is 0 Å². The van der Waals surface area contributed by atoms with Gasteiger partial charge in [-0.3, -0.25) is 4.90 Å². The third-order valence-electron chi connectivity index (χ3n) is 3.26. The maximum atomic E-state index is 9.27. The second-order valence-corrected chi connectivity index (χ2v) is 5.24. The number of thioether (sulfide) groups is 1. The van der Waals surface area contributed by atoms with Crippen molar-refractivity contribution in [2.45, 2.75) is 37.8 Å². The summed E-state index contributed by atoms with van der Waals surface area (Å²) in [5.41, 5.74) is 0. The minimum atomic E-state index is 0.362. The van der Waals surface area contributed by atoms with E-state index in [1.807, 2.05) is 0 Å². The van der Waals surface area contributed by atoms with Crippen LogP contribution in [0.5, 0.6) is 0 Å². The molecule has 2 rings (SSSR count). The van der Waals surface area contributed by atoms with Crippen molar-refractivity contribution in [3.05, 3.63) is 0 Å². The number of hydrogen-bond acceptors (Lipinski definition) is 3. The highest BCUT2D eigenvalue weighted by Gasteiger charge is 2.30. The molecule has 2 heterocycles. The maximum absolute atomic E-state index is 9.27. The Bertz CT molecular complexity index is 157. The predicted molar refractivity (Wildman–Crippen MR) is 57.2 cm³/mol. The standard InChI is InChI=1S/C10H19NOS/c12-7-9-3-1-2-5-11(9)10-4-6-13-8-10/h9-10,12H,1-8H2. The molecule has 2 nitrogen and oxygen atoms in total. The highest BCUT2D eigenvalue weighted by atomic mass is 32.2. The predicted octanol–water partition coefficient (Wildman–Crippen LogP) is 1.34. The Morgan fingerprint density at radius 2 is 2.23 bits per heavy atom. The van der Waals surface area contributed by atoms with Gasteiger partial charge in [0.05, 0.1) is 6.61 Å². The van der Waals surface area contributed by atoms with E-state index in [0.717, 1.165) is 6.04 Å². The average molecular weight is 201 g/mol. The summed E-state index contributed by atoms with van der Waals surface area (Å²) in [6.45, 7) is 1.58. The Morgan fingerprint density at radius 3 is 2.92 bits per heavy atom. The lowest BCUT2D eigenvalue weighted by Crippen LogP contribution is -2.48. The van der Waals surface area contributed by atoms with Crippen LogP contribution in [0.2, 0.25) is 0 Å². The van der Waals surface area contributed by atoms with Gasteiger partial charge >= 0.3 is 0 Å². The molecule has 2 aliphatic rings. The summed E-state index contributed by atoms with van der Waals surface area (Å²) in [6.07, 6.45) is 5.18. The largest absolute Gasteiger partial charge is 0.395 e. The third-order valence-corrected chi connectivity index (χ3v) is 4.40. The molecule has 2 unspecified atom stereocenters. The van der Waals surface area contributed by atoms with Crippen LogP contribution >= 0.6 is 11.8 Å². The second kappa shape index (κ2) is 4.67. The number of hydrogen-bond donors (Lipinski definition) is 1. The van der Waals surface area contributed by atoms with E-state index in [0.29, 0.717) is 12.6 Å². The smallest absolute Gasteiger partial charge is 0.0586 e. The fourth-order valence-corrected chi connectivity index (χ4v) is 3.72. The molecule has 0 bridgehead atoms.